The van der Waals surface area contributed by atoms with Gasteiger partial charge in [0.15, 0.2) is 0 Å². The third-order valence-corrected chi connectivity index (χ3v) is 8.48. The first-order valence-electron chi connectivity index (χ1n) is 13.4. The number of aldehydes is 1. The fourth-order valence-electron chi connectivity index (χ4n) is 5.39. The van der Waals surface area contributed by atoms with Crippen molar-refractivity contribution < 1.29 is 15.0 Å². The highest BCUT2D eigenvalue weighted by atomic mass is 16.3. The van der Waals surface area contributed by atoms with Crippen LogP contribution in [0.4, 0.5) is 0 Å². The lowest BCUT2D eigenvalue weighted by Crippen LogP contribution is -2.52. The highest BCUT2D eigenvalue weighted by Gasteiger charge is 2.51. The van der Waals surface area contributed by atoms with Crippen LogP contribution >= 0.6 is 0 Å². The van der Waals surface area contributed by atoms with E-state index in [1.807, 2.05) is 13.8 Å². The second-order valence-electron chi connectivity index (χ2n) is 11.4. The molecule has 1 rings (SSSR count). The second-order valence-corrected chi connectivity index (χ2v) is 11.4. The van der Waals surface area contributed by atoms with E-state index in [4.69, 9.17) is 0 Å². The van der Waals surface area contributed by atoms with Gasteiger partial charge >= 0.3 is 0 Å². The number of hydrogen-bond donors (Lipinski definition) is 2. The molecule has 0 aliphatic heterocycles. The van der Waals surface area contributed by atoms with Gasteiger partial charge in [-0.25, -0.2) is 0 Å². The van der Waals surface area contributed by atoms with Gasteiger partial charge in [0.2, 0.25) is 0 Å². The van der Waals surface area contributed by atoms with Crippen molar-refractivity contribution in [2.24, 2.45) is 17.3 Å². The molecular formula is C31H52O3. The van der Waals surface area contributed by atoms with E-state index in [9.17, 15) is 15.0 Å². The van der Waals surface area contributed by atoms with Crippen LogP contribution in [0.1, 0.15) is 113 Å². The highest BCUT2D eigenvalue weighted by molar-refractivity contribution is 5.74. The standard InChI is InChI=1S/C31H52O3/c1-23(2)26(5)17-16-25(4)13-9-12-24(3)14-10-19-30(7)29(15-11-21-32)28(27(6)22-33)18-20-31(30,8)34/h13-14,22-23,29,32,34H,5,9-12,15-21H2,1-4,6-8H3/b24-14+,25-13+,28-27-/t29-,30+,31+/m1/s1. The number of hydrogen-bond acceptors (Lipinski definition) is 3. The smallest absolute Gasteiger partial charge is 0.145 e. The topological polar surface area (TPSA) is 57.5 Å². The van der Waals surface area contributed by atoms with Gasteiger partial charge in [0.05, 0.1) is 5.60 Å². The molecule has 3 atom stereocenters. The first-order chi connectivity index (χ1) is 15.9. The quantitative estimate of drug-likeness (QED) is 0.153. The molecule has 194 valence electrons. The van der Waals surface area contributed by atoms with E-state index in [-0.39, 0.29) is 17.9 Å². The Hall–Kier alpha value is -1.45. The zero-order valence-corrected chi connectivity index (χ0v) is 23.2. The van der Waals surface area contributed by atoms with Crippen molar-refractivity contribution in [1.29, 1.82) is 0 Å². The summed E-state index contributed by atoms with van der Waals surface area (Å²) in [5.41, 5.74) is 5.02. The molecule has 1 aliphatic rings. The molecule has 34 heavy (non-hydrogen) atoms. The van der Waals surface area contributed by atoms with Crippen molar-refractivity contribution in [2.75, 3.05) is 6.61 Å². The summed E-state index contributed by atoms with van der Waals surface area (Å²) < 4.78 is 0. The van der Waals surface area contributed by atoms with Crippen molar-refractivity contribution in [2.45, 2.75) is 118 Å². The van der Waals surface area contributed by atoms with Gasteiger partial charge in [-0.2, -0.15) is 0 Å². The van der Waals surface area contributed by atoms with Gasteiger partial charge in [0.25, 0.3) is 0 Å². The van der Waals surface area contributed by atoms with Crippen LogP contribution in [-0.2, 0) is 4.79 Å². The van der Waals surface area contributed by atoms with Crippen LogP contribution in [0.5, 0.6) is 0 Å². The lowest BCUT2D eigenvalue weighted by molar-refractivity contribution is -0.115. The summed E-state index contributed by atoms with van der Waals surface area (Å²) in [5.74, 6) is 0.676. The van der Waals surface area contributed by atoms with Crippen LogP contribution in [0.15, 0.2) is 46.6 Å². The fourth-order valence-corrected chi connectivity index (χ4v) is 5.39. The van der Waals surface area contributed by atoms with Crippen LogP contribution in [0.25, 0.3) is 0 Å². The number of allylic oxidation sites excluding steroid dienone is 7. The van der Waals surface area contributed by atoms with E-state index in [1.165, 1.54) is 22.3 Å². The van der Waals surface area contributed by atoms with E-state index in [0.29, 0.717) is 18.8 Å². The monoisotopic (exact) mass is 472 g/mol. The molecule has 0 saturated heterocycles. The van der Waals surface area contributed by atoms with E-state index >= 15 is 0 Å². The van der Waals surface area contributed by atoms with Gasteiger partial charge in [0, 0.05) is 12.0 Å². The molecule has 0 aromatic heterocycles. The molecule has 1 fully saturated rings. The summed E-state index contributed by atoms with van der Waals surface area (Å²) >= 11 is 0. The molecule has 2 N–H and O–H groups in total. The Morgan fingerprint density at radius 2 is 1.71 bits per heavy atom. The first kappa shape index (κ1) is 30.6. The predicted octanol–water partition coefficient (Wildman–Crippen LogP) is 7.89. The molecule has 0 unspecified atom stereocenters. The van der Waals surface area contributed by atoms with Crippen molar-refractivity contribution in [3.8, 4) is 0 Å². The van der Waals surface area contributed by atoms with E-state index in [0.717, 1.165) is 63.2 Å². The SMILES string of the molecule is C=C(CC/C(C)=C/CC/C(C)=C/CC[C@@]1(C)[C@H](CCCO)/C(=C(/C)C=O)CC[C@]1(C)O)C(C)C. The maximum absolute atomic E-state index is 11.6. The molecular weight excluding hydrogens is 420 g/mol. The summed E-state index contributed by atoms with van der Waals surface area (Å²) in [4.78, 5) is 11.6. The molecule has 0 spiro atoms. The third-order valence-electron chi connectivity index (χ3n) is 8.48. The maximum atomic E-state index is 11.6. The van der Waals surface area contributed by atoms with Gasteiger partial charge in [-0.05, 0) is 109 Å². The molecule has 0 aromatic carbocycles. The Morgan fingerprint density at radius 3 is 2.29 bits per heavy atom. The van der Waals surface area contributed by atoms with Crippen LogP contribution in [0.3, 0.4) is 0 Å². The van der Waals surface area contributed by atoms with Gasteiger partial charge in [-0.1, -0.05) is 61.8 Å². The average Bonchev–Trinajstić information content (AvgIpc) is 2.77. The zero-order valence-electron chi connectivity index (χ0n) is 23.2. The Bertz CT molecular complexity index is 766. The maximum Gasteiger partial charge on any atom is 0.145 e. The van der Waals surface area contributed by atoms with Crippen LogP contribution in [0, 0.1) is 17.3 Å². The summed E-state index contributed by atoms with van der Waals surface area (Å²) in [6.45, 7) is 19.2. The molecule has 0 aromatic rings. The number of rotatable bonds is 14. The minimum absolute atomic E-state index is 0.119. The number of aliphatic hydroxyl groups excluding tert-OH is 1. The highest BCUT2D eigenvalue weighted by Crippen LogP contribution is 2.55. The van der Waals surface area contributed by atoms with Crippen molar-refractivity contribution in [3.63, 3.8) is 0 Å². The van der Waals surface area contributed by atoms with Gasteiger partial charge in [-0.15, -0.1) is 0 Å². The minimum atomic E-state index is -0.790. The van der Waals surface area contributed by atoms with Crippen LogP contribution < -0.4 is 0 Å². The molecule has 0 radical (unpaired) electrons. The third kappa shape index (κ3) is 8.64. The van der Waals surface area contributed by atoms with Gasteiger partial charge in [-0.3, -0.25) is 4.79 Å². The number of carbonyl (C=O) groups excluding carboxylic acids is 1. The summed E-state index contributed by atoms with van der Waals surface area (Å²) in [7, 11) is 0. The minimum Gasteiger partial charge on any atom is -0.396 e. The van der Waals surface area contributed by atoms with Gasteiger partial charge < -0.3 is 10.2 Å². The molecule has 0 bridgehead atoms. The van der Waals surface area contributed by atoms with Crippen molar-refractivity contribution in [3.05, 3.63) is 46.6 Å². The van der Waals surface area contributed by atoms with E-state index < -0.39 is 5.60 Å². The van der Waals surface area contributed by atoms with Gasteiger partial charge in [0.1, 0.15) is 6.29 Å². The fraction of sp³-hybridized carbons (Fsp3) is 0.710. The molecule has 0 amide bonds. The Balaban J connectivity index is 2.81. The first-order valence-corrected chi connectivity index (χ1v) is 13.4. The number of carbonyl (C=O) groups is 1. The predicted molar refractivity (Wildman–Crippen MR) is 146 cm³/mol. The molecule has 3 heteroatoms. The normalized spacial score (nSPS) is 27.8. The molecule has 1 saturated carbocycles. The summed E-state index contributed by atoms with van der Waals surface area (Å²) in [5, 5.41) is 20.9. The largest absolute Gasteiger partial charge is 0.396 e. The van der Waals surface area contributed by atoms with Crippen molar-refractivity contribution in [1.82, 2.24) is 0 Å². The zero-order chi connectivity index (χ0) is 25.9. The van der Waals surface area contributed by atoms with E-state index in [2.05, 4.69) is 53.3 Å². The molecule has 0 heterocycles. The van der Waals surface area contributed by atoms with Crippen LogP contribution in [-0.4, -0.2) is 28.7 Å². The summed E-state index contributed by atoms with van der Waals surface area (Å²) in [6.07, 6.45) is 14.7. The Kier molecular flexibility index (Phi) is 12.8. The number of aliphatic hydroxyl groups is 2. The van der Waals surface area contributed by atoms with E-state index in [1.54, 1.807) is 0 Å². The molecule has 1 aliphatic carbocycles. The second kappa shape index (κ2) is 14.2. The van der Waals surface area contributed by atoms with Crippen molar-refractivity contribution >= 4 is 6.29 Å². The molecule has 3 nitrogen and oxygen atoms in total. The van der Waals surface area contributed by atoms with Crippen LogP contribution in [0.2, 0.25) is 0 Å². The average molecular weight is 473 g/mol. The summed E-state index contributed by atoms with van der Waals surface area (Å²) in [6, 6.07) is 0. The lowest BCUT2D eigenvalue weighted by atomic mass is 9.54. The lowest BCUT2D eigenvalue weighted by Gasteiger charge is -2.53. The Labute approximate surface area is 210 Å². The Morgan fingerprint density at radius 1 is 1.09 bits per heavy atom.